The first-order valence-electron chi connectivity index (χ1n) is 6.75. The Kier molecular flexibility index (Phi) is 7.26. The van der Waals surface area contributed by atoms with Crippen LogP contribution in [-0.2, 0) is 4.74 Å². The Morgan fingerprint density at radius 2 is 2.11 bits per heavy atom. The summed E-state index contributed by atoms with van der Waals surface area (Å²) in [7, 11) is 1.74. The fourth-order valence-electron chi connectivity index (χ4n) is 1.60. The van der Waals surface area contributed by atoms with Gasteiger partial charge >= 0.3 is 0 Å². The van der Waals surface area contributed by atoms with Crippen LogP contribution in [-0.4, -0.2) is 26.4 Å². The summed E-state index contributed by atoms with van der Waals surface area (Å²) in [5, 5.41) is 3.40. The van der Waals surface area contributed by atoms with Gasteiger partial charge < -0.3 is 14.8 Å². The normalized spacial score (nSPS) is 12.2. The van der Waals surface area contributed by atoms with Crippen LogP contribution in [0.25, 0.3) is 0 Å². The number of hydrogen-bond donors (Lipinski definition) is 1. The molecular formula is C15H25NO2. The van der Waals surface area contributed by atoms with Crippen molar-refractivity contribution in [2.24, 2.45) is 0 Å². The predicted octanol–water partition coefficient (Wildman–Crippen LogP) is 3.70. The van der Waals surface area contributed by atoms with Gasteiger partial charge in [0.15, 0.2) is 0 Å². The second-order valence-corrected chi connectivity index (χ2v) is 4.49. The minimum atomic E-state index is 0.266. The summed E-state index contributed by atoms with van der Waals surface area (Å²) in [5.41, 5.74) is 1.12. The highest BCUT2D eigenvalue weighted by Gasteiger charge is 2.01. The standard InChI is InChI=1S/C15H25NO2/c1-4-13(2)18-15-9-7-8-14(12-15)16-10-5-6-11-17-3/h7-9,12-13,16H,4-6,10-11H2,1-3H3. The molecule has 0 saturated carbocycles. The fourth-order valence-corrected chi connectivity index (χ4v) is 1.60. The Hall–Kier alpha value is -1.22. The van der Waals surface area contributed by atoms with Crippen LogP contribution in [0.15, 0.2) is 24.3 Å². The van der Waals surface area contributed by atoms with E-state index in [0.717, 1.165) is 43.9 Å². The second kappa shape index (κ2) is 8.81. The van der Waals surface area contributed by atoms with Crippen LogP contribution in [0.5, 0.6) is 5.75 Å². The number of ether oxygens (including phenoxy) is 2. The third-order valence-corrected chi connectivity index (χ3v) is 2.85. The van der Waals surface area contributed by atoms with Crippen LogP contribution < -0.4 is 10.1 Å². The monoisotopic (exact) mass is 251 g/mol. The molecule has 102 valence electrons. The van der Waals surface area contributed by atoms with Crippen molar-refractivity contribution in [2.75, 3.05) is 25.6 Å². The highest BCUT2D eigenvalue weighted by atomic mass is 16.5. The average molecular weight is 251 g/mol. The number of nitrogens with one attached hydrogen (secondary N) is 1. The van der Waals surface area contributed by atoms with Crippen LogP contribution in [0.3, 0.4) is 0 Å². The summed E-state index contributed by atoms with van der Waals surface area (Å²) >= 11 is 0. The SMILES string of the molecule is CCC(C)Oc1cccc(NCCCCOC)c1. The smallest absolute Gasteiger partial charge is 0.121 e. The van der Waals surface area contributed by atoms with Gasteiger partial charge in [0.25, 0.3) is 0 Å². The van der Waals surface area contributed by atoms with Crippen LogP contribution >= 0.6 is 0 Å². The van der Waals surface area contributed by atoms with E-state index in [9.17, 15) is 0 Å². The van der Waals surface area contributed by atoms with E-state index in [0.29, 0.717) is 0 Å². The number of benzene rings is 1. The second-order valence-electron chi connectivity index (χ2n) is 4.49. The molecule has 1 aromatic rings. The van der Waals surface area contributed by atoms with Gasteiger partial charge in [-0.1, -0.05) is 13.0 Å². The van der Waals surface area contributed by atoms with Gasteiger partial charge in [0.05, 0.1) is 6.10 Å². The molecule has 0 aliphatic heterocycles. The Labute approximate surface area is 110 Å². The Balaban J connectivity index is 2.35. The molecule has 0 fully saturated rings. The zero-order valence-corrected chi connectivity index (χ0v) is 11.7. The molecule has 0 amide bonds. The Bertz CT molecular complexity index is 328. The third kappa shape index (κ3) is 5.92. The van der Waals surface area contributed by atoms with E-state index >= 15 is 0 Å². The van der Waals surface area contributed by atoms with Gasteiger partial charge in [-0.2, -0.15) is 0 Å². The van der Waals surface area contributed by atoms with Crippen molar-refractivity contribution >= 4 is 5.69 Å². The predicted molar refractivity (Wildman–Crippen MR) is 76.4 cm³/mol. The van der Waals surface area contributed by atoms with Crippen molar-refractivity contribution in [1.82, 2.24) is 0 Å². The molecule has 1 unspecified atom stereocenters. The summed E-state index contributed by atoms with van der Waals surface area (Å²) in [6.45, 7) is 6.02. The van der Waals surface area contributed by atoms with Gasteiger partial charge in [-0.05, 0) is 38.3 Å². The summed E-state index contributed by atoms with van der Waals surface area (Å²) in [6.07, 6.45) is 3.49. The molecule has 1 N–H and O–H groups in total. The fraction of sp³-hybridized carbons (Fsp3) is 0.600. The lowest BCUT2D eigenvalue weighted by Crippen LogP contribution is -2.10. The first-order chi connectivity index (χ1) is 8.76. The summed E-state index contributed by atoms with van der Waals surface area (Å²) in [6, 6.07) is 8.15. The van der Waals surface area contributed by atoms with Gasteiger partial charge in [0, 0.05) is 32.0 Å². The van der Waals surface area contributed by atoms with Crippen LogP contribution in [0.2, 0.25) is 0 Å². The maximum absolute atomic E-state index is 5.79. The number of anilines is 1. The quantitative estimate of drug-likeness (QED) is 0.679. The molecule has 0 radical (unpaired) electrons. The lowest BCUT2D eigenvalue weighted by Gasteiger charge is -2.14. The summed E-state index contributed by atoms with van der Waals surface area (Å²) in [5.74, 6) is 0.936. The van der Waals surface area contributed by atoms with Crippen molar-refractivity contribution in [1.29, 1.82) is 0 Å². The van der Waals surface area contributed by atoms with Crippen molar-refractivity contribution in [3.63, 3.8) is 0 Å². The molecular weight excluding hydrogens is 226 g/mol. The Morgan fingerprint density at radius 1 is 1.28 bits per heavy atom. The molecule has 0 spiro atoms. The topological polar surface area (TPSA) is 30.5 Å². The molecule has 3 heteroatoms. The number of rotatable bonds is 9. The molecule has 0 heterocycles. The van der Waals surface area contributed by atoms with E-state index in [4.69, 9.17) is 9.47 Å². The molecule has 3 nitrogen and oxygen atoms in total. The van der Waals surface area contributed by atoms with Gasteiger partial charge in [0.1, 0.15) is 5.75 Å². The molecule has 0 aliphatic carbocycles. The van der Waals surface area contributed by atoms with E-state index in [1.807, 2.05) is 12.1 Å². The number of hydrogen-bond acceptors (Lipinski definition) is 3. The van der Waals surface area contributed by atoms with Gasteiger partial charge in [0.2, 0.25) is 0 Å². The molecule has 0 aliphatic rings. The average Bonchev–Trinajstić information content (AvgIpc) is 2.39. The van der Waals surface area contributed by atoms with Crippen LogP contribution in [0.1, 0.15) is 33.1 Å². The molecule has 1 aromatic carbocycles. The van der Waals surface area contributed by atoms with E-state index in [2.05, 4.69) is 31.3 Å². The van der Waals surface area contributed by atoms with Crippen molar-refractivity contribution < 1.29 is 9.47 Å². The third-order valence-electron chi connectivity index (χ3n) is 2.85. The van der Waals surface area contributed by atoms with Gasteiger partial charge in [-0.25, -0.2) is 0 Å². The van der Waals surface area contributed by atoms with Crippen molar-refractivity contribution in [2.45, 2.75) is 39.2 Å². The van der Waals surface area contributed by atoms with E-state index < -0.39 is 0 Å². The molecule has 0 bridgehead atoms. The zero-order valence-electron chi connectivity index (χ0n) is 11.7. The first-order valence-corrected chi connectivity index (χ1v) is 6.75. The molecule has 18 heavy (non-hydrogen) atoms. The zero-order chi connectivity index (χ0) is 13.2. The van der Waals surface area contributed by atoms with Gasteiger partial charge in [-0.3, -0.25) is 0 Å². The van der Waals surface area contributed by atoms with E-state index in [1.165, 1.54) is 0 Å². The molecule has 0 aromatic heterocycles. The van der Waals surface area contributed by atoms with E-state index in [1.54, 1.807) is 7.11 Å². The maximum atomic E-state index is 5.79. The lowest BCUT2D eigenvalue weighted by molar-refractivity contribution is 0.194. The maximum Gasteiger partial charge on any atom is 0.121 e. The minimum absolute atomic E-state index is 0.266. The summed E-state index contributed by atoms with van der Waals surface area (Å²) < 4.78 is 10.8. The van der Waals surface area contributed by atoms with Crippen LogP contribution in [0.4, 0.5) is 5.69 Å². The van der Waals surface area contributed by atoms with Crippen molar-refractivity contribution in [3.8, 4) is 5.75 Å². The lowest BCUT2D eigenvalue weighted by atomic mass is 10.2. The highest BCUT2D eigenvalue weighted by Crippen LogP contribution is 2.19. The largest absolute Gasteiger partial charge is 0.491 e. The highest BCUT2D eigenvalue weighted by molar-refractivity contribution is 5.48. The minimum Gasteiger partial charge on any atom is -0.491 e. The van der Waals surface area contributed by atoms with Gasteiger partial charge in [-0.15, -0.1) is 0 Å². The molecule has 0 saturated heterocycles. The van der Waals surface area contributed by atoms with Crippen molar-refractivity contribution in [3.05, 3.63) is 24.3 Å². The van der Waals surface area contributed by atoms with E-state index in [-0.39, 0.29) is 6.10 Å². The molecule has 1 atom stereocenters. The molecule has 1 rings (SSSR count). The van der Waals surface area contributed by atoms with Crippen LogP contribution in [0, 0.1) is 0 Å². The Morgan fingerprint density at radius 3 is 2.83 bits per heavy atom. The number of unbranched alkanes of at least 4 members (excludes halogenated alkanes) is 1. The first kappa shape index (κ1) is 14.8. The number of methoxy groups -OCH3 is 1. The summed E-state index contributed by atoms with van der Waals surface area (Å²) in [4.78, 5) is 0.